The number of rotatable bonds is 9. The third kappa shape index (κ3) is 7.61. The summed E-state index contributed by atoms with van der Waals surface area (Å²) in [5, 5.41) is 2.72. The highest BCUT2D eigenvalue weighted by atomic mass is 32.2. The summed E-state index contributed by atoms with van der Waals surface area (Å²) in [6.07, 6.45) is 0. The topological polar surface area (TPSA) is 64.6 Å². The minimum Gasteiger partial charge on any atom is -0.482 e. The van der Waals surface area contributed by atoms with Gasteiger partial charge in [-0.3, -0.25) is 4.79 Å². The number of nitrogens with one attached hydrogen (secondary N) is 1. The maximum absolute atomic E-state index is 11.7. The van der Waals surface area contributed by atoms with E-state index < -0.39 is 5.97 Å². The first-order valence-corrected chi connectivity index (χ1v) is 9.33. The first-order valence-electron chi connectivity index (χ1n) is 8.34. The van der Waals surface area contributed by atoms with Crippen molar-refractivity contribution in [3.8, 4) is 5.75 Å². The van der Waals surface area contributed by atoms with Crippen molar-refractivity contribution < 1.29 is 19.1 Å². The van der Waals surface area contributed by atoms with Gasteiger partial charge >= 0.3 is 5.97 Å². The van der Waals surface area contributed by atoms with Gasteiger partial charge in [-0.25, -0.2) is 4.79 Å². The molecule has 5 nitrogen and oxygen atoms in total. The minimum absolute atomic E-state index is 0.222. The number of aryl methyl sites for hydroxylation is 2. The Morgan fingerprint density at radius 2 is 1.69 bits per heavy atom. The fraction of sp³-hybridized carbons (Fsp3) is 0.300. The summed E-state index contributed by atoms with van der Waals surface area (Å²) >= 11 is 1.65. The standard InChI is InChI=1S/C20H23NO4S/c1-15-10-16(2)12-17(11-15)24-14-20(23)25-13-19(22)21-8-9-26-18-6-4-3-5-7-18/h3-7,10-12H,8-9,13-14H2,1-2H3,(H,21,22). The van der Waals surface area contributed by atoms with Crippen molar-refractivity contribution in [3.05, 3.63) is 59.7 Å². The van der Waals surface area contributed by atoms with Gasteiger partial charge in [0.25, 0.3) is 5.91 Å². The van der Waals surface area contributed by atoms with Crippen molar-refractivity contribution in [1.82, 2.24) is 5.32 Å². The van der Waals surface area contributed by atoms with Crippen LogP contribution in [-0.2, 0) is 14.3 Å². The van der Waals surface area contributed by atoms with Gasteiger partial charge < -0.3 is 14.8 Å². The average molecular weight is 373 g/mol. The predicted octanol–water partition coefficient (Wildman–Crippen LogP) is 3.13. The lowest BCUT2D eigenvalue weighted by Crippen LogP contribution is -2.31. The Kier molecular flexibility index (Phi) is 8.02. The van der Waals surface area contributed by atoms with Gasteiger partial charge in [0, 0.05) is 17.2 Å². The van der Waals surface area contributed by atoms with Gasteiger partial charge in [0.1, 0.15) is 5.75 Å². The molecule has 138 valence electrons. The van der Waals surface area contributed by atoms with E-state index in [1.807, 2.05) is 62.4 Å². The molecule has 2 aromatic rings. The molecule has 0 bridgehead atoms. The molecule has 0 fully saturated rings. The molecule has 0 aliphatic rings. The van der Waals surface area contributed by atoms with E-state index in [1.54, 1.807) is 11.8 Å². The Morgan fingerprint density at radius 1 is 1.00 bits per heavy atom. The molecule has 0 aliphatic carbocycles. The van der Waals surface area contributed by atoms with Crippen LogP contribution in [-0.4, -0.2) is 37.4 Å². The summed E-state index contributed by atoms with van der Waals surface area (Å²) in [4.78, 5) is 24.5. The summed E-state index contributed by atoms with van der Waals surface area (Å²) in [6, 6.07) is 15.7. The molecule has 0 heterocycles. The van der Waals surface area contributed by atoms with Crippen molar-refractivity contribution in [2.45, 2.75) is 18.7 Å². The highest BCUT2D eigenvalue weighted by molar-refractivity contribution is 7.99. The molecule has 6 heteroatoms. The van der Waals surface area contributed by atoms with E-state index in [0.29, 0.717) is 12.3 Å². The van der Waals surface area contributed by atoms with E-state index in [1.165, 1.54) is 0 Å². The molecule has 1 amide bonds. The Labute approximate surface area is 158 Å². The average Bonchev–Trinajstić information content (AvgIpc) is 2.62. The number of thioether (sulfide) groups is 1. The normalized spacial score (nSPS) is 10.2. The molecule has 0 unspecified atom stereocenters. The number of amides is 1. The second-order valence-corrected chi connectivity index (χ2v) is 6.95. The van der Waals surface area contributed by atoms with Crippen molar-refractivity contribution in [2.24, 2.45) is 0 Å². The number of carbonyl (C=O) groups excluding carboxylic acids is 2. The van der Waals surface area contributed by atoms with Crippen LogP contribution in [0.2, 0.25) is 0 Å². The van der Waals surface area contributed by atoms with Crippen LogP contribution in [0.15, 0.2) is 53.4 Å². The van der Waals surface area contributed by atoms with E-state index in [2.05, 4.69) is 5.32 Å². The Bertz CT molecular complexity index is 714. The fourth-order valence-corrected chi connectivity index (χ4v) is 3.06. The van der Waals surface area contributed by atoms with Gasteiger partial charge in [-0.05, 0) is 49.2 Å². The molecule has 0 saturated heterocycles. The smallest absolute Gasteiger partial charge is 0.344 e. The second kappa shape index (κ2) is 10.5. The van der Waals surface area contributed by atoms with Crippen LogP contribution in [0.5, 0.6) is 5.75 Å². The summed E-state index contributed by atoms with van der Waals surface area (Å²) in [6.45, 7) is 3.90. The summed E-state index contributed by atoms with van der Waals surface area (Å²) < 4.78 is 10.3. The predicted molar refractivity (Wildman–Crippen MR) is 103 cm³/mol. The fourth-order valence-electron chi connectivity index (χ4n) is 2.27. The Hall–Kier alpha value is -2.47. The van der Waals surface area contributed by atoms with Crippen LogP contribution in [0.25, 0.3) is 0 Å². The zero-order chi connectivity index (χ0) is 18.8. The lowest BCUT2D eigenvalue weighted by Gasteiger charge is -2.09. The van der Waals surface area contributed by atoms with E-state index in [0.717, 1.165) is 21.8 Å². The highest BCUT2D eigenvalue weighted by Crippen LogP contribution is 2.16. The molecule has 0 atom stereocenters. The number of hydrogen-bond donors (Lipinski definition) is 1. The van der Waals surface area contributed by atoms with Gasteiger partial charge in [-0.1, -0.05) is 24.3 Å². The number of benzene rings is 2. The van der Waals surface area contributed by atoms with Crippen LogP contribution in [0.1, 0.15) is 11.1 Å². The molecule has 0 saturated carbocycles. The molecule has 2 rings (SSSR count). The third-order valence-corrected chi connectivity index (χ3v) is 4.37. The summed E-state index contributed by atoms with van der Waals surface area (Å²) in [5.41, 5.74) is 2.11. The van der Waals surface area contributed by atoms with Crippen LogP contribution in [0.3, 0.4) is 0 Å². The summed E-state index contributed by atoms with van der Waals surface area (Å²) in [7, 11) is 0. The quantitative estimate of drug-likeness (QED) is 0.416. The molecule has 26 heavy (non-hydrogen) atoms. The van der Waals surface area contributed by atoms with Gasteiger partial charge in [0.15, 0.2) is 13.2 Å². The van der Waals surface area contributed by atoms with Crippen molar-refractivity contribution in [2.75, 3.05) is 25.5 Å². The molecule has 0 spiro atoms. The number of ether oxygens (including phenoxy) is 2. The van der Waals surface area contributed by atoms with Crippen LogP contribution >= 0.6 is 11.8 Å². The van der Waals surface area contributed by atoms with Crippen molar-refractivity contribution >= 4 is 23.6 Å². The van der Waals surface area contributed by atoms with E-state index in [-0.39, 0.29) is 19.1 Å². The van der Waals surface area contributed by atoms with Gasteiger partial charge in [-0.2, -0.15) is 0 Å². The SMILES string of the molecule is Cc1cc(C)cc(OCC(=O)OCC(=O)NCCSc2ccccc2)c1. The van der Waals surface area contributed by atoms with Gasteiger partial charge in [0.2, 0.25) is 0 Å². The molecule has 2 aromatic carbocycles. The van der Waals surface area contributed by atoms with Gasteiger partial charge in [-0.15, -0.1) is 11.8 Å². The Morgan fingerprint density at radius 3 is 2.38 bits per heavy atom. The number of hydrogen-bond acceptors (Lipinski definition) is 5. The zero-order valence-electron chi connectivity index (χ0n) is 15.0. The maximum Gasteiger partial charge on any atom is 0.344 e. The van der Waals surface area contributed by atoms with E-state index >= 15 is 0 Å². The zero-order valence-corrected chi connectivity index (χ0v) is 15.8. The molecule has 0 radical (unpaired) electrons. The third-order valence-electron chi connectivity index (χ3n) is 3.35. The van der Waals surface area contributed by atoms with E-state index in [4.69, 9.17) is 9.47 Å². The highest BCUT2D eigenvalue weighted by Gasteiger charge is 2.08. The summed E-state index contributed by atoms with van der Waals surface area (Å²) in [5.74, 6) is 0.470. The number of carbonyl (C=O) groups is 2. The van der Waals surface area contributed by atoms with Crippen molar-refractivity contribution in [3.63, 3.8) is 0 Å². The van der Waals surface area contributed by atoms with Crippen molar-refractivity contribution in [1.29, 1.82) is 0 Å². The van der Waals surface area contributed by atoms with Crippen LogP contribution in [0.4, 0.5) is 0 Å². The molecule has 0 aromatic heterocycles. The molecular formula is C20H23NO4S. The maximum atomic E-state index is 11.7. The largest absolute Gasteiger partial charge is 0.482 e. The Balaban J connectivity index is 1.58. The first kappa shape index (κ1) is 19.8. The lowest BCUT2D eigenvalue weighted by atomic mass is 10.1. The molecular weight excluding hydrogens is 350 g/mol. The second-order valence-electron chi connectivity index (χ2n) is 5.78. The molecule has 0 aliphatic heterocycles. The minimum atomic E-state index is -0.571. The lowest BCUT2D eigenvalue weighted by molar-refractivity contribution is -0.150. The van der Waals surface area contributed by atoms with Crippen LogP contribution in [0, 0.1) is 13.8 Å². The van der Waals surface area contributed by atoms with Gasteiger partial charge in [0.05, 0.1) is 0 Å². The molecule has 1 N–H and O–H groups in total. The first-order chi connectivity index (χ1) is 12.5. The number of esters is 1. The van der Waals surface area contributed by atoms with E-state index in [9.17, 15) is 9.59 Å². The van der Waals surface area contributed by atoms with Crippen LogP contribution < -0.4 is 10.1 Å². The monoisotopic (exact) mass is 373 g/mol.